The summed E-state index contributed by atoms with van der Waals surface area (Å²) in [5, 5.41) is 3.11. The van der Waals surface area contributed by atoms with Crippen molar-refractivity contribution in [1.82, 2.24) is 5.32 Å². The fourth-order valence-corrected chi connectivity index (χ4v) is 3.30. The molecule has 4 heteroatoms. The van der Waals surface area contributed by atoms with Crippen LogP contribution in [0.1, 0.15) is 51.5 Å². The molecule has 1 aromatic rings. The average molecular weight is 325 g/mol. The third-order valence-corrected chi connectivity index (χ3v) is 5.11. The predicted molar refractivity (Wildman–Crippen MR) is 94.3 cm³/mol. The lowest BCUT2D eigenvalue weighted by atomic mass is 9.78. The number of carbonyl (C=O) groups is 1. The molecule has 1 aromatic carbocycles. The lowest BCUT2D eigenvalue weighted by Crippen LogP contribution is -2.48. The highest BCUT2D eigenvalue weighted by molar-refractivity contribution is 5.85. The minimum Gasteiger partial charge on any atom is -0.354 e. The van der Waals surface area contributed by atoms with Gasteiger partial charge < -0.3 is 11.1 Å². The first kappa shape index (κ1) is 19.0. The molecule has 0 radical (unpaired) electrons. The van der Waals surface area contributed by atoms with Crippen molar-refractivity contribution in [1.29, 1.82) is 0 Å². The second-order valence-corrected chi connectivity index (χ2v) is 6.48. The Bertz CT molecular complexity index is 457. The van der Waals surface area contributed by atoms with E-state index in [0.717, 1.165) is 19.3 Å². The van der Waals surface area contributed by atoms with Gasteiger partial charge in [-0.25, -0.2) is 0 Å². The summed E-state index contributed by atoms with van der Waals surface area (Å²) < 4.78 is 0. The molecule has 0 aliphatic heterocycles. The zero-order chi connectivity index (χ0) is 15.3. The normalized spacial score (nSPS) is 19.0. The van der Waals surface area contributed by atoms with Gasteiger partial charge in [-0.05, 0) is 24.3 Å². The van der Waals surface area contributed by atoms with Crippen LogP contribution in [0.2, 0.25) is 0 Å². The lowest BCUT2D eigenvalue weighted by molar-refractivity contribution is -0.123. The van der Waals surface area contributed by atoms with Crippen molar-refractivity contribution in [3.63, 3.8) is 0 Å². The molecule has 0 saturated heterocycles. The second-order valence-electron chi connectivity index (χ2n) is 6.48. The highest BCUT2D eigenvalue weighted by Gasteiger charge is 2.36. The predicted octanol–water partition coefficient (Wildman–Crippen LogP) is 3.41. The van der Waals surface area contributed by atoms with E-state index in [4.69, 9.17) is 5.73 Å². The van der Waals surface area contributed by atoms with Crippen molar-refractivity contribution in [3.05, 3.63) is 35.9 Å². The van der Waals surface area contributed by atoms with E-state index in [1.54, 1.807) is 0 Å². The van der Waals surface area contributed by atoms with E-state index in [-0.39, 0.29) is 29.6 Å². The van der Waals surface area contributed by atoms with Crippen LogP contribution in [0.25, 0.3) is 0 Å². The molecule has 3 N–H and O–H groups in total. The summed E-state index contributed by atoms with van der Waals surface area (Å²) in [4.78, 5) is 12.2. The minimum absolute atomic E-state index is 0. The van der Waals surface area contributed by atoms with E-state index < -0.39 is 6.04 Å². The Labute approximate surface area is 140 Å². The Morgan fingerprint density at radius 2 is 1.86 bits per heavy atom. The number of rotatable bonds is 6. The molecule has 1 aliphatic carbocycles. The van der Waals surface area contributed by atoms with E-state index in [2.05, 4.69) is 36.5 Å². The fourth-order valence-electron chi connectivity index (χ4n) is 3.30. The third kappa shape index (κ3) is 4.23. The minimum atomic E-state index is -0.399. The molecule has 2 unspecified atom stereocenters. The topological polar surface area (TPSA) is 55.1 Å². The smallest absolute Gasteiger partial charge is 0.237 e. The van der Waals surface area contributed by atoms with Crippen LogP contribution < -0.4 is 11.1 Å². The van der Waals surface area contributed by atoms with Crippen molar-refractivity contribution in [2.75, 3.05) is 6.54 Å². The van der Waals surface area contributed by atoms with Gasteiger partial charge in [-0.2, -0.15) is 0 Å². The van der Waals surface area contributed by atoms with Crippen LogP contribution in [0.4, 0.5) is 0 Å². The van der Waals surface area contributed by atoms with Gasteiger partial charge in [0.1, 0.15) is 0 Å². The zero-order valence-electron chi connectivity index (χ0n) is 13.7. The third-order valence-electron chi connectivity index (χ3n) is 5.11. The summed E-state index contributed by atoms with van der Waals surface area (Å²) in [5.74, 6) is 0.216. The van der Waals surface area contributed by atoms with E-state index in [0.29, 0.717) is 6.54 Å². The number of halogens is 1. The number of benzene rings is 1. The highest BCUT2D eigenvalue weighted by atomic mass is 35.5. The number of hydrogen-bond donors (Lipinski definition) is 2. The molecule has 1 fully saturated rings. The van der Waals surface area contributed by atoms with Crippen LogP contribution in [0.5, 0.6) is 0 Å². The van der Waals surface area contributed by atoms with Gasteiger partial charge in [0.25, 0.3) is 0 Å². The molecule has 2 rings (SSSR count). The number of hydrogen-bond acceptors (Lipinski definition) is 2. The standard InChI is InChI=1S/C18H28N2O.ClH/c1-3-14(2)16(19)17(21)20-13-18(11-7-8-12-18)15-9-5-4-6-10-15;/h4-6,9-10,14,16H,3,7-8,11-13,19H2,1-2H3,(H,20,21);1H. The first-order chi connectivity index (χ1) is 10.1. The van der Waals surface area contributed by atoms with Crippen LogP contribution in [-0.4, -0.2) is 18.5 Å². The lowest BCUT2D eigenvalue weighted by Gasteiger charge is -2.31. The fraction of sp³-hybridized carbons (Fsp3) is 0.611. The van der Waals surface area contributed by atoms with Gasteiger partial charge in [0, 0.05) is 12.0 Å². The van der Waals surface area contributed by atoms with Crippen molar-refractivity contribution < 1.29 is 4.79 Å². The van der Waals surface area contributed by atoms with Crippen LogP contribution in [0.3, 0.4) is 0 Å². The second kappa shape index (κ2) is 8.54. The highest BCUT2D eigenvalue weighted by Crippen LogP contribution is 2.40. The van der Waals surface area contributed by atoms with Crippen molar-refractivity contribution in [2.45, 2.75) is 57.4 Å². The maximum Gasteiger partial charge on any atom is 0.237 e. The van der Waals surface area contributed by atoms with Gasteiger partial charge in [-0.15, -0.1) is 12.4 Å². The van der Waals surface area contributed by atoms with Crippen molar-refractivity contribution >= 4 is 18.3 Å². The largest absolute Gasteiger partial charge is 0.354 e. The van der Waals surface area contributed by atoms with Gasteiger partial charge in [0.15, 0.2) is 0 Å². The average Bonchev–Trinajstić information content (AvgIpc) is 3.02. The maximum atomic E-state index is 12.2. The monoisotopic (exact) mass is 324 g/mol. The van der Waals surface area contributed by atoms with Crippen molar-refractivity contribution in [3.8, 4) is 0 Å². The molecule has 3 nitrogen and oxygen atoms in total. The molecule has 0 bridgehead atoms. The summed E-state index contributed by atoms with van der Waals surface area (Å²) >= 11 is 0. The van der Waals surface area contributed by atoms with Crippen LogP contribution >= 0.6 is 12.4 Å². The maximum absolute atomic E-state index is 12.2. The number of nitrogens with one attached hydrogen (secondary N) is 1. The van der Waals surface area contributed by atoms with Gasteiger partial charge >= 0.3 is 0 Å². The Balaban J connectivity index is 0.00000242. The Morgan fingerprint density at radius 3 is 2.41 bits per heavy atom. The molecule has 0 heterocycles. The van der Waals surface area contributed by atoms with Crippen LogP contribution in [-0.2, 0) is 10.2 Å². The number of nitrogens with two attached hydrogens (primary N) is 1. The number of carbonyl (C=O) groups excluding carboxylic acids is 1. The van der Waals surface area contributed by atoms with E-state index in [9.17, 15) is 4.79 Å². The van der Waals surface area contributed by atoms with E-state index in [1.165, 1.54) is 18.4 Å². The zero-order valence-corrected chi connectivity index (χ0v) is 14.5. The molecule has 0 aromatic heterocycles. The van der Waals surface area contributed by atoms with Gasteiger partial charge in [0.2, 0.25) is 5.91 Å². The van der Waals surface area contributed by atoms with Gasteiger partial charge in [-0.1, -0.05) is 63.4 Å². The molecule has 124 valence electrons. The quantitative estimate of drug-likeness (QED) is 0.842. The summed E-state index contributed by atoms with van der Waals surface area (Å²) in [7, 11) is 0. The first-order valence-corrected chi connectivity index (χ1v) is 8.18. The molecule has 1 aliphatic rings. The van der Waals surface area contributed by atoms with Gasteiger partial charge in [-0.3, -0.25) is 4.79 Å². The van der Waals surface area contributed by atoms with Crippen LogP contribution in [0.15, 0.2) is 30.3 Å². The Kier molecular flexibility index (Phi) is 7.37. The summed E-state index contributed by atoms with van der Waals surface area (Å²) in [6, 6.07) is 10.2. The Morgan fingerprint density at radius 1 is 1.27 bits per heavy atom. The molecule has 22 heavy (non-hydrogen) atoms. The summed E-state index contributed by atoms with van der Waals surface area (Å²) in [6.07, 6.45) is 5.70. The molecular formula is C18H29ClN2O. The first-order valence-electron chi connectivity index (χ1n) is 8.18. The van der Waals surface area contributed by atoms with Crippen LogP contribution in [0, 0.1) is 5.92 Å². The summed E-state index contributed by atoms with van der Waals surface area (Å²) in [6.45, 7) is 4.81. The van der Waals surface area contributed by atoms with E-state index in [1.807, 2.05) is 13.0 Å². The Hall–Kier alpha value is -1.06. The SMILES string of the molecule is CCC(C)C(N)C(=O)NCC1(c2ccccc2)CCCC1.Cl. The number of amides is 1. The molecule has 2 atom stereocenters. The molecular weight excluding hydrogens is 296 g/mol. The molecule has 1 amide bonds. The van der Waals surface area contributed by atoms with Crippen molar-refractivity contribution in [2.24, 2.45) is 11.7 Å². The molecule has 1 saturated carbocycles. The van der Waals surface area contributed by atoms with Gasteiger partial charge in [0.05, 0.1) is 6.04 Å². The summed E-state index contributed by atoms with van der Waals surface area (Å²) in [5.41, 5.74) is 7.48. The van der Waals surface area contributed by atoms with E-state index >= 15 is 0 Å². The molecule has 0 spiro atoms.